The number of hydrogen-bond acceptors (Lipinski definition) is 4. The minimum absolute atomic E-state index is 0.226. The Kier molecular flexibility index (Phi) is 5.20. The van der Waals surface area contributed by atoms with E-state index in [0.717, 1.165) is 18.5 Å². The van der Waals surface area contributed by atoms with E-state index in [-0.39, 0.29) is 18.4 Å². The minimum Gasteiger partial charge on any atom is -0.383 e. The van der Waals surface area contributed by atoms with Gasteiger partial charge in [-0.1, -0.05) is 41.9 Å². The number of carbonyl (C=O) groups is 2. The first-order valence-electron chi connectivity index (χ1n) is 9.32. The predicted octanol–water partition coefficient (Wildman–Crippen LogP) is 3.52. The number of fused-ring (bicyclic) bond motifs is 1. The van der Waals surface area contributed by atoms with Crippen LogP contribution in [0.25, 0.3) is 5.57 Å². The van der Waals surface area contributed by atoms with Crippen molar-refractivity contribution >= 4 is 34.7 Å². The molecule has 2 amide bonds. The van der Waals surface area contributed by atoms with E-state index in [0.29, 0.717) is 35.0 Å². The number of halogens is 1. The largest absolute Gasteiger partial charge is 0.383 e. The lowest BCUT2D eigenvalue weighted by atomic mass is 9.98. The summed E-state index contributed by atoms with van der Waals surface area (Å²) in [6, 6.07) is 15.1. The van der Waals surface area contributed by atoms with Crippen LogP contribution in [0.2, 0.25) is 5.02 Å². The van der Waals surface area contributed by atoms with Crippen LogP contribution >= 0.6 is 11.6 Å². The molecule has 2 aliphatic heterocycles. The van der Waals surface area contributed by atoms with Gasteiger partial charge in [-0.2, -0.15) is 0 Å². The monoisotopic (exact) mass is 396 g/mol. The van der Waals surface area contributed by atoms with Crippen LogP contribution in [0.4, 0.5) is 5.69 Å². The highest BCUT2D eigenvalue weighted by atomic mass is 35.5. The van der Waals surface area contributed by atoms with Gasteiger partial charge < -0.3 is 9.64 Å². The first-order chi connectivity index (χ1) is 13.6. The van der Waals surface area contributed by atoms with Crippen LogP contribution in [0.5, 0.6) is 0 Å². The summed E-state index contributed by atoms with van der Waals surface area (Å²) in [5.74, 6) is -0.564. The molecule has 2 heterocycles. The van der Waals surface area contributed by atoms with E-state index in [1.807, 2.05) is 23.1 Å². The Bertz CT molecular complexity index is 953. The van der Waals surface area contributed by atoms with Crippen molar-refractivity contribution in [1.29, 1.82) is 0 Å². The molecular formula is C22H21ClN2O3. The molecule has 0 saturated carbocycles. The number of methoxy groups -OCH3 is 1. The summed E-state index contributed by atoms with van der Waals surface area (Å²) in [4.78, 5) is 29.8. The van der Waals surface area contributed by atoms with Crippen molar-refractivity contribution < 1.29 is 14.3 Å². The second kappa shape index (κ2) is 7.78. The van der Waals surface area contributed by atoms with Crippen LogP contribution in [0.1, 0.15) is 17.5 Å². The number of carbonyl (C=O) groups excluding carboxylic acids is 2. The van der Waals surface area contributed by atoms with Crippen molar-refractivity contribution in [1.82, 2.24) is 4.90 Å². The smallest absolute Gasteiger partial charge is 0.278 e. The van der Waals surface area contributed by atoms with Crippen LogP contribution < -0.4 is 4.90 Å². The van der Waals surface area contributed by atoms with Crippen molar-refractivity contribution in [3.63, 3.8) is 0 Å². The second-order valence-corrected chi connectivity index (χ2v) is 7.31. The molecular weight excluding hydrogens is 376 g/mol. The van der Waals surface area contributed by atoms with Crippen LogP contribution in [-0.4, -0.2) is 43.5 Å². The van der Waals surface area contributed by atoms with Gasteiger partial charge in [-0.3, -0.25) is 14.5 Å². The van der Waals surface area contributed by atoms with Crippen molar-refractivity contribution in [2.24, 2.45) is 0 Å². The molecule has 0 spiro atoms. The fraction of sp³-hybridized carbons (Fsp3) is 0.273. The lowest BCUT2D eigenvalue weighted by Crippen LogP contribution is -2.38. The van der Waals surface area contributed by atoms with Gasteiger partial charge in [0, 0.05) is 24.4 Å². The third-order valence-electron chi connectivity index (χ3n) is 5.18. The van der Waals surface area contributed by atoms with Crippen LogP contribution in [0, 0.1) is 0 Å². The SMILES string of the molecule is COCCN1C(=O)C(c2ccc(Cl)cc2)=C(N2CCCc3ccccc32)C1=O. The number of para-hydroxylation sites is 1. The third-order valence-corrected chi connectivity index (χ3v) is 5.43. The Morgan fingerprint density at radius 3 is 2.54 bits per heavy atom. The molecule has 0 saturated heterocycles. The molecule has 0 atom stereocenters. The lowest BCUT2D eigenvalue weighted by Gasteiger charge is -2.32. The highest BCUT2D eigenvalue weighted by molar-refractivity contribution is 6.37. The Hall–Kier alpha value is -2.63. The van der Waals surface area contributed by atoms with Crippen LogP contribution in [0.15, 0.2) is 54.2 Å². The van der Waals surface area contributed by atoms with Gasteiger partial charge in [-0.05, 0) is 42.2 Å². The number of benzene rings is 2. The maximum Gasteiger partial charge on any atom is 0.278 e. The molecule has 0 N–H and O–H groups in total. The van der Waals surface area contributed by atoms with E-state index < -0.39 is 0 Å². The Morgan fingerprint density at radius 2 is 1.79 bits per heavy atom. The third kappa shape index (κ3) is 3.21. The van der Waals surface area contributed by atoms with Gasteiger partial charge in [-0.25, -0.2) is 0 Å². The number of amides is 2. The number of hydrogen-bond donors (Lipinski definition) is 0. The number of ether oxygens (including phenoxy) is 1. The summed E-state index contributed by atoms with van der Waals surface area (Å²) in [6.45, 7) is 1.22. The summed E-state index contributed by atoms with van der Waals surface area (Å²) >= 11 is 6.03. The first kappa shape index (κ1) is 18.7. The van der Waals surface area contributed by atoms with Gasteiger partial charge in [0.1, 0.15) is 5.70 Å². The van der Waals surface area contributed by atoms with Gasteiger partial charge in [-0.15, -0.1) is 0 Å². The van der Waals surface area contributed by atoms with E-state index in [2.05, 4.69) is 6.07 Å². The van der Waals surface area contributed by atoms with Crippen molar-refractivity contribution in [2.75, 3.05) is 31.7 Å². The average Bonchev–Trinajstić information content (AvgIpc) is 2.96. The zero-order valence-corrected chi connectivity index (χ0v) is 16.4. The molecule has 0 unspecified atom stereocenters. The fourth-order valence-corrected chi connectivity index (χ4v) is 3.97. The predicted molar refractivity (Wildman–Crippen MR) is 109 cm³/mol. The topological polar surface area (TPSA) is 49.9 Å². The molecule has 0 radical (unpaired) electrons. The number of imide groups is 1. The standard InChI is InChI=1S/C22H21ClN2O3/c1-28-14-13-25-21(26)19(16-8-10-17(23)11-9-16)20(22(25)27)24-12-4-6-15-5-2-3-7-18(15)24/h2-3,5,7-11H,4,6,12-14H2,1H3. The van der Waals surface area contributed by atoms with E-state index in [1.165, 1.54) is 10.5 Å². The second-order valence-electron chi connectivity index (χ2n) is 6.87. The molecule has 2 aromatic carbocycles. The van der Waals surface area contributed by atoms with Crippen LogP contribution in [0.3, 0.4) is 0 Å². The van der Waals surface area contributed by atoms with Crippen molar-refractivity contribution in [3.8, 4) is 0 Å². The fourth-order valence-electron chi connectivity index (χ4n) is 3.84. The highest BCUT2D eigenvalue weighted by Gasteiger charge is 2.42. The van der Waals surface area contributed by atoms with Gasteiger partial charge in [0.15, 0.2) is 0 Å². The number of aryl methyl sites for hydroxylation is 1. The minimum atomic E-state index is -0.289. The zero-order valence-electron chi connectivity index (χ0n) is 15.7. The molecule has 0 fully saturated rings. The summed E-state index contributed by atoms with van der Waals surface area (Å²) in [5.41, 5.74) is 3.74. The van der Waals surface area contributed by atoms with Crippen molar-refractivity contribution in [3.05, 3.63) is 70.4 Å². The number of rotatable bonds is 5. The average molecular weight is 397 g/mol. The van der Waals surface area contributed by atoms with Crippen LogP contribution in [-0.2, 0) is 20.7 Å². The Labute approximate surface area is 169 Å². The van der Waals surface area contributed by atoms with E-state index in [9.17, 15) is 9.59 Å². The molecule has 4 rings (SSSR count). The number of anilines is 1. The van der Waals surface area contributed by atoms with Gasteiger partial charge in [0.05, 0.1) is 18.7 Å². The molecule has 0 aromatic heterocycles. The van der Waals surface area contributed by atoms with E-state index in [1.54, 1.807) is 31.4 Å². The quantitative estimate of drug-likeness (QED) is 0.725. The summed E-state index contributed by atoms with van der Waals surface area (Å²) in [6.07, 6.45) is 1.89. The maximum atomic E-state index is 13.3. The van der Waals surface area contributed by atoms with Gasteiger partial charge in [0.2, 0.25) is 0 Å². The highest BCUT2D eigenvalue weighted by Crippen LogP contribution is 2.37. The molecule has 5 nitrogen and oxygen atoms in total. The molecule has 2 aliphatic rings. The normalized spacial score (nSPS) is 16.8. The molecule has 144 valence electrons. The molecule has 28 heavy (non-hydrogen) atoms. The summed E-state index contributed by atoms with van der Waals surface area (Å²) in [7, 11) is 1.56. The Morgan fingerprint density at radius 1 is 1.04 bits per heavy atom. The number of nitrogens with zero attached hydrogens (tertiary/aromatic N) is 2. The molecule has 0 aliphatic carbocycles. The Balaban J connectivity index is 1.85. The summed E-state index contributed by atoms with van der Waals surface area (Å²) in [5, 5.41) is 0.585. The van der Waals surface area contributed by atoms with Crippen molar-refractivity contribution in [2.45, 2.75) is 12.8 Å². The van der Waals surface area contributed by atoms with E-state index in [4.69, 9.17) is 16.3 Å². The van der Waals surface area contributed by atoms with Gasteiger partial charge >= 0.3 is 0 Å². The first-order valence-corrected chi connectivity index (χ1v) is 9.70. The summed E-state index contributed by atoms with van der Waals surface area (Å²) < 4.78 is 5.10. The van der Waals surface area contributed by atoms with Gasteiger partial charge in [0.25, 0.3) is 11.8 Å². The molecule has 6 heteroatoms. The van der Waals surface area contributed by atoms with E-state index >= 15 is 0 Å². The maximum absolute atomic E-state index is 13.3. The lowest BCUT2D eigenvalue weighted by molar-refractivity contribution is -0.137. The zero-order chi connectivity index (χ0) is 19.7. The molecule has 0 bridgehead atoms. The molecule has 2 aromatic rings.